The number of amides is 1. The van der Waals surface area contributed by atoms with Crippen molar-refractivity contribution in [2.24, 2.45) is 4.99 Å². The highest BCUT2D eigenvalue weighted by Crippen LogP contribution is 2.19. The number of nitrogens with one attached hydrogen (secondary N) is 2. The number of guanidine groups is 1. The summed E-state index contributed by atoms with van der Waals surface area (Å²) in [5.41, 5.74) is 4.10. The minimum Gasteiger partial charge on any atom is -0.347 e. The monoisotopic (exact) mass is 514 g/mol. The van der Waals surface area contributed by atoms with Gasteiger partial charge >= 0.3 is 0 Å². The van der Waals surface area contributed by atoms with Crippen LogP contribution in [0.5, 0.6) is 0 Å². The van der Waals surface area contributed by atoms with Crippen molar-refractivity contribution in [3.05, 3.63) is 71.3 Å². The molecule has 1 saturated heterocycles. The second kappa shape index (κ2) is 12.0. The Hall–Kier alpha value is -2.79. The van der Waals surface area contributed by atoms with Crippen molar-refractivity contribution in [1.29, 1.82) is 0 Å². The summed E-state index contributed by atoms with van der Waals surface area (Å²) < 4.78 is 0. The van der Waals surface area contributed by atoms with Crippen LogP contribution in [0.15, 0.2) is 65.2 Å². The maximum Gasteiger partial charge on any atom is 0.243 e. The molecule has 1 heterocycles. The number of piperidine rings is 1. The lowest BCUT2D eigenvalue weighted by molar-refractivity contribution is -0.115. The second-order valence-electron chi connectivity index (χ2n) is 6.87. The maximum atomic E-state index is 12.3. The average Bonchev–Trinajstić information content (AvgIpc) is 2.76. The molecule has 0 spiro atoms. The van der Waals surface area contributed by atoms with Crippen LogP contribution >= 0.6 is 24.0 Å². The van der Waals surface area contributed by atoms with E-state index >= 15 is 0 Å². The lowest BCUT2D eigenvalue weighted by atomic mass is 10.0. The van der Waals surface area contributed by atoms with Crippen molar-refractivity contribution in [3.8, 4) is 12.3 Å². The normalized spacial score (nSPS) is 13.7. The number of carbonyl (C=O) groups is 1. The summed E-state index contributed by atoms with van der Waals surface area (Å²) >= 11 is 0. The number of likely N-dealkylation sites (tertiary alicyclic amines) is 1. The highest BCUT2D eigenvalue weighted by Gasteiger charge is 2.17. The molecular formula is C24H27IN4O. The van der Waals surface area contributed by atoms with Crippen LogP contribution in [0.1, 0.15) is 24.0 Å². The molecule has 1 aliphatic rings. The Morgan fingerprint density at radius 1 is 1.17 bits per heavy atom. The van der Waals surface area contributed by atoms with Crippen molar-refractivity contribution in [3.63, 3.8) is 0 Å². The molecule has 0 bridgehead atoms. The molecule has 1 fully saturated rings. The van der Waals surface area contributed by atoms with Gasteiger partial charge in [-0.25, -0.2) is 0 Å². The third-order valence-corrected chi connectivity index (χ3v) is 4.81. The zero-order chi connectivity index (χ0) is 20.5. The van der Waals surface area contributed by atoms with Gasteiger partial charge in [0.15, 0.2) is 5.96 Å². The molecule has 3 rings (SSSR count). The summed E-state index contributed by atoms with van der Waals surface area (Å²) in [7, 11) is 1.74. The van der Waals surface area contributed by atoms with Crippen molar-refractivity contribution >= 4 is 47.6 Å². The molecule has 5 nitrogen and oxygen atoms in total. The van der Waals surface area contributed by atoms with Crippen LogP contribution in [0.4, 0.5) is 5.69 Å². The van der Waals surface area contributed by atoms with E-state index in [1.807, 2.05) is 24.3 Å². The fourth-order valence-electron chi connectivity index (χ4n) is 3.32. The van der Waals surface area contributed by atoms with E-state index in [-0.39, 0.29) is 36.4 Å². The van der Waals surface area contributed by atoms with Gasteiger partial charge in [-0.05, 0) is 36.6 Å². The SMILES string of the molecule is C#Cc1cccc(NC(=O)CNC(=NC)N2CCC(=Cc3ccccc3)CC2)c1.I. The first kappa shape index (κ1) is 23.5. The summed E-state index contributed by atoms with van der Waals surface area (Å²) in [6.45, 7) is 1.91. The number of terminal acetylenes is 1. The fourth-order valence-corrected chi connectivity index (χ4v) is 3.32. The Morgan fingerprint density at radius 2 is 1.90 bits per heavy atom. The van der Waals surface area contributed by atoms with Gasteiger partial charge in [-0.15, -0.1) is 30.4 Å². The summed E-state index contributed by atoms with van der Waals surface area (Å²) in [5, 5.41) is 6.01. The zero-order valence-corrected chi connectivity index (χ0v) is 19.4. The molecule has 0 radical (unpaired) electrons. The van der Waals surface area contributed by atoms with Gasteiger partial charge in [0.2, 0.25) is 5.91 Å². The number of nitrogens with zero attached hydrogens (tertiary/aromatic N) is 2. The van der Waals surface area contributed by atoms with Crippen molar-refractivity contribution in [2.45, 2.75) is 12.8 Å². The molecule has 0 saturated carbocycles. The Bertz CT molecular complexity index is 937. The molecule has 2 aromatic rings. The van der Waals surface area contributed by atoms with E-state index < -0.39 is 0 Å². The minimum atomic E-state index is -0.137. The zero-order valence-electron chi connectivity index (χ0n) is 17.1. The van der Waals surface area contributed by atoms with E-state index in [4.69, 9.17) is 6.42 Å². The molecule has 0 aromatic heterocycles. The number of aliphatic imine (C=N–C) groups is 1. The lowest BCUT2D eigenvalue weighted by Crippen LogP contribution is -2.46. The number of hydrogen-bond acceptors (Lipinski definition) is 2. The van der Waals surface area contributed by atoms with E-state index in [1.165, 1.54) is 11.1 Å². The van der Waals surface area contributed by atoms with Crippen LogP contribution in [-0.2, 0) is 4.79 Å². The third kappa shape index (κ3) is 6.92. The molecule has 1 amide bonds. The molecule has 156 valence electrons. The Morgan fingerprint density at radius 3 is 2.57 bits per heavy atom. The number of anilines is 1. The van der Waals surface area contributed by atoms with Crippen molar-refractivity contribution in [2.75, 3.05) is 32.0 Å². The smallest absolute Gasteiger partial charge is 0.243 e. The largest absolute Gasteiger partial charge is 0.347 e. The minimum absolute atomic E-state index is 0. The van der Waals surface area contributed by atoms with Gasteiger partial charge in [-0.3, -0.25) is 9.79 Å². The molecule has 1 aliphatic heterocycles. The molecule has 0 unspecified atom stereocenters. The topological polar surface area (TPSA) is 56.7 Å². The van der Waals surface area contributed by atoms with Gasteiger partial charge in [-0.1, -0.05) is 54.0 Å². The predicted molar refractivity (Wildman–Crippen MR) is 135 cm³/mol. The van der Waals surface area contributed by atoms with Crippen LogP contribution in [0.3, 0.4) is 0 Å². The number of halogens is 1. The van der Waals surface area contributed by atoms with E-state index in [0.717, 1.165) is 37.5 Å². The predicted octanol–water partition coefficient (Wildman–Crippen LogP) is 3.98. The summed E-state index contributed by atoms with van der Waals surface area (Å²) in [5.74, 6) is 3.17. The molecule has 0 aliphatic carbocycles. The summed E-state index contributed by atoms with van der Waals surface area (Å²) in [6, 6.07) is 17.6. The standard InChI is InChI=1S/C24H26N4O.HI/c1-3-19-10-7-11-22(17-19)27-23(29)18-26-24(25-2)28-14-12-21(13-15-28)16-20-8-5-4-6-9-20;/h1,4-11,16-17H,12-15,18H2,2H3,(H,25,26)(H,27,29);1H. The number of benzene rings is 2. The summed E-state index contributed by atoms with van der Waals surface area (Å²) in [6.07, 6.45) is 9.64. The van der Waals surface area contributed by atoms with Gasteiger partial charge in [0, 0.05) is 31.4 Å². The van der Waals surface area contributed by atoms with Crippen LogP contribution in [0.25, 0.3) is 6.08 Å². The molecule has 6 heteroatoms. The van der Waals surface area contributed by atoms with Crippen molar-refractivity contribution in [1.82, 2.24) is 10.2 Å². The summed E-state index contributed by atoms with van der Waals surface area (Å²) in [4.78, 5) is 18.8. The van der Waals surface area contributed by atoms with Gasteiger partial charge in [0.25, 0.3) is 0 Å². The Balaban J connectivity index is 0.00000320. The van der Waals surface area contributed by atoms with Gasteiger partial charge < -0.3 is 15.5 Å². The second-order valence-corrected chi connectivity index (χ2v) is 6.87. The first-order valence-electron chi connectivity index (χ1n) is 9.74. The van der Waals surface area contributed by atoms with Crippen LogP contribution < -0.4 is 10.6 Å². The quantitative estimate of drug-likeness (QED) is 0.281. The fraction of sp³-hybridized carbons (Fsp3) is 0.250. The maximum absolute atomic E-state index is 12.3. The lowest BCUT2D eigenvalue weighted by Gasteiger charge is -2.31. The Labute approximate surface area is 195 Å². The van der Waals surface area contributed by atoms with Crippen LogP contribution in [-0.4, -0.2) is 43.4 Å². The number of hydrogen-bond donors (Lipinski definition) is 2. The Kier molecular flexibility index (Phi) is 9.42. The molecular weight excluding hydrogens is 487 g/mol. The third-order valence-electron chi connectivity index (χ3n) is 4.81. The number of carbonyl (C=O) groups excluding carboxylic acids is 1. The highest BCUT2D eigenvalue weighted by molar-refractivity contribution is 14.0. The number of rotatable bonds is 4. The molecule has 0 atom stereocenters. The first-order valence-corrected chi connectivity index (χ1v) is 9.74. The van der Waals surface area contributed by atoms with E-state index in [9.17, 15) is 4.79 Å². The van der Waals surface area contributed by atoms with E-state index in [2.05, 4.69) is 56.8 Å². The molecule has 2 aromatic carbocycles. The van der Waals surface area contributed by atoms with E-state index in [1.54, 1.807) is 13.1 Å². The highest BCUT2D eigenvalue weighted by atomic mass is 127. The van der Waals surface area contributed by atoms with E-state index in [0.29, 0.717) is 5.69 Å². The van der Waals surface area contributed by atoms with Gasteiger partial charge in [0.1, 0.15) is 0 Å². The molecule has 2 N–H and O–H groups in total. The molecule has 30 heavy (non-hydrogen) atoms. The van der Waals surface area contributed by atoms with Crippen molar-refractivity contribution < 1.29 is 4.79 Å². The van der Waals surface area contributed by atoms with Gasteiger partial charge in [0.05, 0.1) is 6.54 Å². The first-order chi connectivity index (χ1) is 14.2. The van der Waals surface area contributed by atoms with Crippen LogP contribution in [0.2, 0.25) is 0 Å². The van der Waals surface area contributed by atoms with Gasteiger partial charge in [-0.2, -0.15) is 0 Å². The van der Waals surface area contributed by atoms with Crippen LogP contribution in [0, 0.1) is 12.3 Å². The average molecular weight is 514 g/mol.